The lowest BCUT2D eigenvalue weighted by molar-refractivity contribution is -0.137. The predicted molar refractivity (Wildman–Crippen MR) is 142 cm³/mol. The molecule has 0 aliphatic rings. The number of hydrogen-bond donors (Lipinski definition) is 2. The van der Waals surface area contributed by atoms with E-state index in [0.29, 0.717) is 10.7 Å². The third-order valence-electron chi connectivity index (χ3n) is 6.40. The van der Waals surface area contributed by atoms with Gasteiger partial charge in [0.25, 0.3) is 0 Å². The van der Waals surface area contributed by atoms with Gasteiger partial charge in [-0.3, -0.25) is 0 Å². The molecule has 3 aromatic carbocycles. The Balaban J connectivity index is 1.82. The summed E-state index contributed by atoms with van der Waals surface area (Å²) in [4.78, 5) is 11.3. The van der Waals surface area contributed by atoms with Gasteiger partial charge >= 0.3 is 12.1 Å². The highest BCUT2D eigenvalue weighted by Gasteiger charge is 2.31. The number of nitrogens with zero attached hydrogens (tertiary/aromatic N) is 1. The first-order valence-corrected chi connectivity index (χ1v) is 12.6. The highest BCUT2D eigenvalue weighted by atomic mass is 35.5. The number of rotatable bonds is 10. The molecule has 0 saturated heterocycles. The van der Waals surface area contributed by atoms with Gasteiger partial charge in [0.15, 0.2) is 0 Å². The predicted octanol–water partition coefficient (Wildman–Crippen LogP) is 9.12. The average Bonchev–Trinajstić information content (AvgIpc) is 3.24. The number of nitrogens with one attached hydrogen (secondary N) is 1. The molecule has 0 aliphatic heterocycles. The number of aromatic carboxylic acids is 1. The maximum Gasteiger partial charge on any atom is 0.416 e. The van der Waals surface area contributed by atoms with Crippen LogP contribution in [0.25, 0.3) is 16.6 Å². The molecule has 0 bridgehead atoms. The zero-order valence-corrected chi connectivity index (χ0v) is 21.1. The minimum Gasteiger partial charge on any atom is -0.478 e. The molecular formula is C29H28ClF3N2O2. The topological polar surface area (TPSA) is 54.3 Å². The second kappa shape index (κ2) is 11.3. The van der Waals surface area contributed by atoms with Gasteiger partial charge in [0.1, 0.15) is 0 Å². The van der Waals surface area contributed by atoms with E-state index in [9.17, 15) is 23.1 Å². The Morgan fingerprint density at radius 2 is 1.76 bits per heavy atom. The van der Waals surface area contributed by atoms with Crippen molar-refractivity contribution in [3.8, 4) is 5.69 Å². The summed E-state index contributed by atoms with van der Waals surface area (Å²) in [7, 11) is 0. The smallest absolute Gasteiger partial charge is 0.416 e. The number of aromatic nitrogens is 1. The van der Waals surface area contributed by atoms with Gasteiger partial charge in [-0.2, -0.15) is 13.2 Å². The van der Waals surface area contributed by atoms with E-state index in [1.807, 2.05) is 16.7 Å². The molecule has 4 aromatic rings. The zero-order valence-electron chi connectivity index (χ0n) is 20.4. The fourth-order valence-electron chi connectivity index (χ4n) is 4.55. The van der Waals surface area contributed by atoms with Crippen molar-refractivity contribution in [2.45, 2.75) is 51.2 Å². The molecule has 1 atom stereocenters. The molecule has 0 radical (unpaired) electrons. The number of anilines is 1. The van der Waals surface area contributed by atoms with Gasteiger partial charge in [0.2, 0.25) is 0 Å². The summed E-state index contributed by atoms with van der Waals surface area (Å²) in [6.45, 7) is 2.13. The van der Waals surface area contributed by atoms with Crippen LogP contribution in [0.2, 0.25) is 5.02 Å². The van der Waals surface area contributed by atoms with Crippen LogP contribution < -0.4 is 5.32 Å². The van der Waals surface area contributed by atoms with Crippen molar-refractivity contribution >= 4 is 34.2 Å². The highest BCUT2D eigenvalue weighted by molar-refractivity contribution is 6.31. The van der Waals surface area contributed by atoms with E-state index in [-0.39, 0.29) is 11.6 Å². The number of alkyl halides is 3. The largest absolute Gasteiger partial charge is 0.478 e. The number of carbonyl (C=O) groups is 1. The summed E-state index contributed by atoms with van der Waals surface area (Å²) in [6.07, 6.45) is 0.394. The van der Waals surface area contributed by atoms with Gasteiger partial charge in [0, 0.05) is 27.5 Å². The zero-order chi connectivity index (χ0) is 26.6. The first kappa shape index (κ1) is 26.6. The minimum atomic E-state index is -4.47. The summed E-state index contributed by atoms with van der Waals surface area (Å²) in [6, 6.07) is 18.8. The number of unbranched alkanes of at least 4 members (excludes halogenated alkanes) is 3. The summed E-state index contributed by atoms with van der Waals surface area (Å²) in [5.74, 6) is -1.01. The Hall–Kier alpha value is -3.45. The van der Waals surface area contributed by atoms with Gasteiger partial charge in [-0.05, 0) is 73.2 Å². The first-order valence-electron chi connectivity index (χ1n) is 12.3. The third kappa shape index (κ3) is 6.28. The van der Waals surface area contributed by atoms with E-state index in [0.717, 1.165) is 66.5 Å². The molecular weight excluding hydrogens is 501 g/mol. The second-order valence-electron chi connectivity index (χ2n) is 9.08. The molecule has 194 valence electrons. The standard InChI is InChI=1S/C29H28ClF3N2O2/c1-2-3-4-5-9-25(34-23-13-10-19(11-14-23)28(36)37)27-17-20-16-22(30)12-15-26(20)35(27)24-8-6-7-21(18-24)29(31,32)33/h6-8,10-18,25,34H,2-5,9H2,1H3,(H,36,37). The number of halogens is 4. The first-order chi connectivity index (χ1) is 17.7. The Morgan fingerprint density at radius 3 is 2.43 bits per heavy atom. The van der Waals surface area contributed by atoms with Gasteiger partial charge in [-0.15, -0.1) is 0 Å². The summed E-state index contributed by atoms with van der Waals surface area (Å²) in [5.41, 5.74) is 2.14. The van der Waals surface area contributed by atoms with Gasteiger partial charge < -0.3 is 15.0 Å². The minimum absolute atomic E-state index is 0.178. The van der Waals surface area contributed by atoms with Crippen molar-refractivity contribution in [3.05, 3.63) is 94.6 Å². The molecule has 1 heterocycles. The van der Waals surface area contributed by atoms with Crippen LogP contribution in [0.4, 0.5) is 18.9 Å². The molecule has 0 aliphatic carbocycles. The Morgan fingerprint density at radius 1 is 1.00 bits per heavy atom. The molecule has 0 amide bonds. The lowest BCUT2D eigenvalue weighted by Gasteiger charge is -2.23. The Labute approximate surface area is 218 Å². The normalized spacial score (nSPS) is 12.6. The molecule has 37 heavy (non-hydrogen) atoms. The average molecular weight is 529 g/mol. The van der Waals surface area contributed by atoms with E-state index < -0.39 is 17.7 Å². The molecule has 8 heteroatoms. The van der Waals surface area contributed by atoms with Crippen LogP contribution in [0.15, 0.2) is 72.8 Å². The van der Waals surface area contributed by atoms with Gasteiger partial charge in [0.05, 0.1) is 22.7 Å². The SMILES string of the molecule is CCCCCCC(Nc1ccc(C(=O)O)cc1)c1cc2cc(Cl)ccc2n1-c1cccc(C(F)(F)F)c1. The molecule has 4 rings (SSSR count). The van der Waals surface area contributed by atoms with Crippen LogP contribution in [0.5, 0.6) is 0 Å². The lowest BCUT2D eigenvalue weighted by Crippen LogP contribution is -2.16. The molecule has 0 fully saturated rings. The Bertz CT molecular complexity index is 1380. The van der Waals surface area contributed by atoms with Gasteiger partial charge in [-0.25, -0.2) is 4.79 Å². The second-order valence-corrected chi connectivity index (χ2v) is 9.52. The van der Waals surface area contributed by atoms with Crippen molar-refractivity contribution in [2.75, 3.05) is 5.32 Å². The third-order valence-corrected chi connectivity index (χ3v) is 6.63. The highest BCUT2D eigenvalue weighted by Crippen LogP contribution is 2.36. The van der Waals surface area contributed by atoms with Gasteiger partial charge in [-0.1, -0.05) is 50.3 Å². The summed E-state index contributed by atoms with van der Waals surface area (Å²) >= 11 is 6.26. The number of fused-ring (bicyclic) bond motifs is 1. The number of carboxylic acid groups (broad SMARTS) is 1. The maximum atomic E-state index is 13.6. The maximum absolute atomic E-state index is 13.6. The van der Waals surface area contributed by atoms with E-state index in [1.54, 1.807) is 30.3 Å². The quantitative estimate of drug-likeness (QED) is 0.202. The molecule has 0 saturated carbocycles. The fourth-order valence-corrected chi connectivity index (χ4v) is 4.73. The van der Waals surface area contributed by atoms with Crippen LogP contribution in [0.1, 0.15) is 66.7 Å². The van der Waals surface area contributed by atoms with Crippen LogP contribution >= 0.6 is 11.6 Å². The molecule has 2 N–H and O–H groups in total. The van der Waals surface area contributed by atoms with E-state index >= 15 is 0 Å². The van der Waals surface area contributed by atoms with Crippen molar-refractivity contribution < 1.29 is 23.1 Å². The number of carboxylic acids is 1. The fraction of sp³-hybridized carbons (Fsp3) is 0.276. The summed E-state index contributed by atoms with van der Waals surface area (Å²) in [5, 5.41) is 14.1. The van der Waals surface area contributed by atoms with Crippen molar-refractivity contribution in [2.24, 2.45) is 0 Å². The summed E-state index contributed by atoms with van der Waals surface area (Å²) < 4.78 is 42.6. The van der Waals surface area contributed by atoms with Crippen molar-refractivity contribution in [1.82, 2.24) is 4.57 Å². The van der Waals surface area contributed by atoms with Crippen molar-refractivity contribution in [3.63, 3.8) is 0 Å². The molecule has 0 spiro atoms. The van der Waals surface area contributed by atoms with E-state index in [4.69, 9.17) is 11.6 Å². The molecule has 1 unspecified atom stereocenters. The number of benzene rings is 3. The van der Waals surface area contributed by atoms with E-state index in [2.05, 4.69) is 12.2 Å². The molecule has 4 nitrogen and oxygen atoms in total. The number of hydrogen-bond acceptors (Lipinski definition) is 2. The molecule has 1 aromatic heterocycles. The van der Waals surface area contributed by atoms with Crippen LogP contribution in [-0.2, 0) is 6.18 Å². The van der Waals surface area contributed by atoms with Crippen molar-refractivity contribution in [1.29, 1.82) is 0 Å². The van der Waals surface area contributed by atoms with E-state index in [1.165, 1.54) is 18.2 Å². The van der Waals surface area contributed by atoms with Crippen LogP contribution in [0.3, 0.4) is 0 Å². The Kier molecular flexibility index (Phi) is 8.13. The lowest BCUT2D eigenvalue weighted by atomic mass is 10.0. The van der Waals surface area contributed by atoms with Crippen LogP contribution in [-0.4, -0.2) is 15.6 Å². The van der Waals surface area contributed by atoms with Crippen LogP contribution in [0, 0.1) is 0 Å². The monoisotopic (exact) mass is 528 g/mol.